The third-order valence-corrected chi connectivity index (χ3v) is 6.75. The van der Waals surface area contributed by atoms with Crippen molar-refractivity contribution < 1.29 is 9.59 Å². The second-order valence-corrected chi connectivity index (χ2v) is 9.04. The van der Waals surface area contributed by atoms with Crippen LogP contribution in [-0.4, -0.2) is 38.5 Å². The third kappa shape index (κ3) is 5.28. The molecule has 0 aliphatic heterocycles. The molecule has 0 spiro atoms. The van der Waals surface area contributed by atoms with Crippen molar-refractivity contribution in [1.82, 2.24) is 25.4 Å². The Labute approximate surface area is 183 Å². The lowest BCUT2D eigenvalue weighted by atomic mass is 10.2. The number of thioether (sulfide) groups is 1. The van der Waals surface area contributed by atoms with Crippen molar-refractivity contribution in [3.63, 3.8) is 0 Å². The zero-order valence-corrected chi connectivity index (χ0v) is 18.0. The molecule has 1 aliphatic carbocycles. The number of nitrogens with zero attached hydrogens (tertiary/aromatic N) is 3. The maximum absolute atomic E-state index is 12.3. The monoisotopic (exact) mass is 441 g/mol. The van der Waals surface area contributed by atoms with E-state index in [1.165, 1.54) is 11.8 Å². The van der Waals surface area contributed by atoms with Crippen LogP contribution in [-0.2, 0) is 11.3 Å². The first-order chi connectivity index (χ1) is 14.7. The number of hydrogen-bond acceptors (Lipinski definition) is 6. The lowest BCUT2D eigenvalue weighted by molar-refractivity contribution is -0.117. The number of carbonyl (C=O) groups is 2. The summed E-state index contributed by atoms with van der Waals surface area (Å²) in [5.74, 6) is 0.522. The highest BCUT2D eigenvalue weighted by molar-refractivity contribution is 7.99. The normalized spacial score (nSPS) is 14.0. The van der Waals surface area contributed by atoms with Gasteiger partial charge in [0.1, 0.15) is 0 Å². The second-order valence-electron chi connectivity index (χ2n) is 7.15. The molecule has 9 heteroatoms. The number of amides is 3. The maximum atomic E-state index is 12.3. The molecule has 4 rings (SSSR count). The molecule has 1 saturated carbocycles. The van der Waals surface area contributed by atoms with Crippen molar-refractivity contribution in [1.29, 1.82) is 0 Å². The van der Waals surface area contributed by atoms with Gasteiger partial charge >= 0.3 is 6.03 Å². The van der Waals surface area contributed by atoms with Crippen LogP contribution < -0.4 is 10.6 Å². The molecular weight excluding hydrogens is 418 g/mol. The van der Waals surface area contributed by atoms with Gasteiger partial charge in [0.05, 0.1) is 17.2 Å². The van der Waals surface area contributed by atoms with Gasteiger partial charge in [-0.15, -0.1) is 21.5 Å². The average Bonchev–Trinajstić information content (AvgIpc) is 3.49. The number of urea groups is 1. The number of benzene rings is 1. The first-order valence-corrected chi connectivity index (χ1v) is 11.8. The quantitative estimate of drug-likeness (QED) is 0.543. The first-order valence-electron chi connectivity index (χ1n) is 9.93. The fraction of sp³-hybridized carbons (Fsp3) is 0.333. The molecule has 2 N–H and O–H groups in total. The number of rotatable bonds is 7. The second kappa shape index (κ2) is 9.90. The smallest absolute Gasteiger partial charge is 0.321 e. The van der Waals surface area contributed by atoms with Crippen molar-refractivity contribution in [2.24, 2.45) is 0 Å². The molecule has 156 valence electrons. The van der Waals surface area contributed by atoms with Crippen molar-refractivity contribution in [3.8, 4) is 10.7 Å². The first kappa shape index (κ1) is 20.6. The molecule has 7 nitrogen and oxygen atoms in total. The fourth-order valence-electron chi connectivity index (χ4n) is 3.48. The SMILES string of the molecule is O=C(CSc1nnc(-c2cccs2)n1Cc1ccccc1)NC(=O)NC1CCCC1. The number of hydrogen-bond donors (Lipinski definition) is 2. The summed E-state index contributed by atoms with van der Waals surface area (Å²) in [7, 11) is 0. The minimum Gasteiger partial charge on any atom is -0.335 e. The van der Waals surface area contributed by atoms with Gasteiger partial charge in [-0.25, -0.2) is 4.79 Å². The Bertz CT molecular complexity index is 982. The van der Waals surface area contributed by atoms with Crippen LogP contribution in [0.1, 0.15) is 31.2 Å². The van der Waals surface area contributed by atoms with Crippen molar-refractivity contribution in [3.05, 3.63) is 53.4 Å². The Balaban J connectivity index is 1.41. The molecule has 0 radical (unpaired) electrons. The van der Waals surface area contributed by atoms with E-state index in [-0.39, 0.29) is 17.7 Å². The van der Waals surface area contributed by atoms with Gasteiger partial charge in [0, 0.05) is 6.04 Å². The summed E-state index contributed by atoms with van der Waals surface area (Å²) in [5.41, 5.74) is 1.12. The summed E-state index contributed by atoms with van der Waals surface area (Å²) >= 11 is 2.88. The molecule has 1 aliphatic rings. The number of thiophene rings is 1. The van der Waals surface area contributed by atoms with Gasteiger partial charge in [-0.3, -0.25) is 14.7 Å². The Morgan fingerprint density at radius 3 is 2.63 bits per heavy atom. The Morgan fingerprint density at radius 1 is 1.10 bits per heavy atom. The van der Waals surface area contributed by atoms with E-state index in [0.29, 0.717) is 11.7 Å². The van der Waals surface area contributed by atoms with Crippen molar-refractivity contribution in [2.45, 2.75) is 43.4 Å². The van der Waals surface area contributed by atoms with Crippen LogP contribution in [0.25, 0.3) is 10.7 Å². The molecule has 3 amide bonds. The minimum absolute atomic E-state index is 0.0927. The van der Waals surface area contributed by atoms with Crippen LogP contribution in [0.3, 0.4) is 0 Å². The molecule has 0 bridgehead atoms. The Hall–Kier alpha value is -2.65. The van der Waals surface area contributed by atoms with E-state index in [0.717, 1.165) is 41.9 Å². The molecule has 0 unspecified atom stereocenters. The largest absolute Gasteiger partial charge is 0.335 e. The molecule has 30 heavy (non-hydrogen) atoms. The number of imide groups is 1. The summed E-state index contributed by atoms with van der Waals surface area (Å²) in [6.07, 6.45) is 4.20. The molecule has 0 atom stereocenters. The van der Waals surface area contributed by atoms with E-state index in [9.17, 15) is 9.59 Å². The van der Waals surface area contributed by atoms with Gasteiger partial charge in [-0.1, -0.05) is 61.0 Å². The predicted molar refractivity (Wildman–Crippen MR) is 119 cm³/mol. The van der Waals surface area contributed by atoms with Gasteiger partial charge < -0.3 is 5.32 Å². The molecule has 2 aromatic heterocycles. The molecular formula is C21H23N5O2S2. The fourth-order valence-corrected chi connectivity index (χ4v) is 4.93. The molecule has 3 aromatic rings. The van der Waals surface area contributed by atoms with Crippen LogP contribution in [0, 0.1) is 0 Å². The topological polar surface area (TPSA) is 88.9 Å². The lowest BCUT2D eigenvalue weighted by Crippen LogP contribution is -2.44. The zero-order valence-electron chi connectivity index (χ0n) is 16.4. The van der Waals surface area contributed by atoms with Gasteiger partial charge in [0.25, 0.3) is 0 Å². The van der Waals surface area contributed by atoms with Gasteiger partial charge in [0.2, 0.25) is 5.91 Å². The van der Waals surface area contributed by atoms with E-state index >= 15 is 0 Å². The van der Waals surface area contributed by atoms with E-state index in [2.05, 4.69) is 20.8 Å². The summed E-state index contributed by atoms with van der Waals surface area (Å²) in [5, 5.41) is 16.6. The number of nitrogens with one attached hydrogen (secondary N) is 2. The standard InChI is InChI=1S/C21H23N5O2S2/c27-18(23-20(28)22-16-9-4-5-10-16)14-30-21-25-24-19(17-11-6-12-29-17)26(21)13-15-7-2-1-3-8-15/h1-3,6-8,11-12,16H,4-5,9-10,13-14H2,(H2,22,23,27,28). The number of aromatic nitrogens is 3. The minimum atomic E-state index is -0.419. The van der Waals surface area contributed by atoms with Crippen LogP contribution in [0.4, 0.5) is 4.79 Å². The number of carbonyl (C=O) groups excluding carboxylic acids is 2. The van der Waals surface area contributed by atoms with Crippen LogP contribution >= 0.6 is 23.1 Å². The summed E-state index contributed by atoms with van der Waals surface area (Å²) in [6.45, 7) is 0.604. The van der Waals surface area contributed by atoms with Crippen LogP contribution in [0.2, 0.25) is 0 Å². The van der Waals surface area contributed by atoms with Gasteiger partial charge in [0.15, 0.2) is 11.0 Å². The van der Waals surface area contributed by atoms with E-state index in [4.69, 9.17) is 0 Å². The highest BCUT2D eigenvalue weighted by Gasteiger charge is 2.20. The maximum Gasteiger partial charge on any atom is 0.321 e. The van der Waals surface area contributed by atoms with Crippen molar-refractivity contribution in [2.75, 3.05) is 5.75 Å². The van der Waals surface area contributed by atoms with Crippen LogP contribution in [0.15, 0.2) is 53.0 Å². The summed E-state index contributed by atoms with van der Waals surface area (Å²) < 4.78 is 2.01. The third-order valence-electron chi connectivity index (χ3n) is 4.92. The molecule has 0 saturated heterocycles. The molecule has 1 fully saturated rings. The van der Waals surface area contributed by atoms with Crippen molar-refractivity contribution >= 4 is 35.0 Å². The molecule has 2 heterocycles. The average molecular weight is 442 g/mol. The zero-order chi connectivity index (χ0) is 20.8. The lowest BCUT2D eigenvalue weighted by Gasteiger charge is -2.12. The van der Waals surface area contributed by atoms with Gasteiger partial charge in [-0.2, -0.15) is 0 Å². The van der Waals surface area contributed by atoms with E-state index in [1.807, 2.05) is 52.4 Å². The summed E-state index contributed by atoms with van der Waals surface area (Å²) in [6, 6.07) is 13.8. The predicted octanol–water partition coefficient (Wildman–Crippen LogP) is 3.92. The Kier molecular flexibility index (Phi) is 6.81. The highest BCUT2D eigenvalue weighted by atomic mass is 32.2. The Morgan fingerprint density at radius 2 is 1.90 bits per heavy atom. The summed E-state index contributed by atoms with van der Waals surface area (Å²) in [4.78, 5) is 25.3. The van der Waals surface area contributed by atoms with Gasteiger partial charge in [-0.05, 0) is 29.9 Å². The highest BCUT2D eigenvalue weighted by Crippen LogP contribution is 2.28. The molecule has 1 aromatic carbocycles. The van der Waals surface area contributed by atoms with Crippen LogP contribution in [0.5, 0.6) is 0 Å². The van der Waals surface area contributed by atoms with E-state index in [1.54, 1.807) is 11.3 Å². The van der Waals surface area contributed by atoms with E-state index < -0.39 is 6.03 Å².